The van der Waals surface area contributed by atoms with E-state index in [1.165, 1.54) is 6.20 Å². The van der Waals surface area contributed by atoms with Gasteiger partial charge in [-0.15, -0.1) is 0 Å². The minimum Gasteiger partial charge on any atom is -0.394 e. The summed E-state index contributed by atoms with van der Waals surface area (Å²) in [6.07, 6.45) is 6.60. The summed E-state index contributed by atoms with van der Waals surface area (Å²) in [4.78, 5) is 4.20. The van der Waals surface area contributed by atoms with Crippen molar-refractivity contribution >= 4 is 11.3 Å². The smallest absolute Gasteiger partial charge is 0.192 e. The van der Waals surface area contributed by atoms with Gasteiger partial charge in [0, 0.05) is 18.5 Å². The summed E-state index contributed by atoms with van der Waals surface area (Å²) in [6, 6.07) is 1.81. The standard InChI is InChI=1S/C9H7N5O/c10-7-4-13-15-9(7)6-3-11-8-1-2-12-14(8)5-6/h1-5H,10H2. The van der Waals surface area contributed by atoms with E-state index < -0.39 is 0 Å². The topological polar surface area (TPSA) is 82.2 Å². The largest absolute Gasteiger partial charge is 0.394 e. The average Bonchev–Trinajstić information content (AvgIpc) is 2.84. The van der Waals surface area contributed by atoms with Gasteiger partial charge < -0.3 is 10.3 Å². The SMILES string of the molecule is Nc1cnoc1-c1cnc2ccnn2c1. The lowest BCUT2D eigenvalue weighted by Crippen LogP contribution is -1.92. The molecule has 0 spiro atoms. The molecular weight excluding hydrogens is 194 g/mol. The van der Waals surface area contributed by atoms with Crippen LogP contribution in [0.4, 0.5) is 5.69 Å². The fourth-order valence-electron chi connectivity index (χ4n) is 1.39. The average molecular weight is 201 g/mol. The molecule has 3 aromatic rings. The van der Waals surface area contributed by atoms with E-state index in [1.807, 2.05) is 6.07 Å². The van der Waals surface area contributed by atoms with Crippen LogP contribution in [0.3, 0.4) is 0 Å². The van der Waals surface area contributed by atoms with Crippen LogP contribution >= 0.6 is 0 Å². The molecule has 0 aliphatic rings. The van der Waals surface area contributed by atoms with E-state index in [0.717, 1.165) is 11.2 Å². The van der Waals surface area contributed by atoms with Crippen molar-refractivity contribution in [2.45, 2.75) is 0 Å². The van der Waals surface area contributed by atoms with Crippen molar-refractivity contribution in [3.63, 3.8) is 0 Å². The number of hydrogen-bond donors (Lipinski definition) is 1. The molecule has 0 aliphatic heterocycles. The Bertz CT molecular complexity index is 612. The van der Waals surface area contributed by atoms with E-state index in [9.17, 15) is 0 Å². The molecule has 6 nitrogen and oxygen atoms in total. The normalized spacial score (nSPS) is 10.9. The minimum absolute atomic E-state index is 0.489. The van der Waals surface area contributed by atoms with Gasteiger partial charge in [0.2, 0.25) is 0 Å². The first-order valence-corrected chi connectivity index (χ1v) is 4.34. The third kappa shape index (κ3) is 1.15. The third-order valence-electron chi connectivity index (χ3n) is 2.11. The van der Waals surface area contributed by atoms with Gasteiger partial charge in [0.05, 0.1) is 18.0 Å². The number of hydrogen-bond acceptors (Lipinski definition) is 5. The van der Waals surface area contributed by atoms with Crippen molar-refractivity contribution in [2.75, 3.05) is 5.73 Å². The maximum Gasteiger partial charge on any atom is 0.192 e. The highest BCUT2D eigenvalue weighted by Gasteiger charge is 2.09. The fourth-order valence-corrected chi connectivity index (χ4v) is 1.39. The molecule has 0 saturated heterocycles. The number of aromatic nitrogens is 4. The highest BCUT2D eigenvalue weighted by molar-refractivity contribution is 5.69. The van der Waals surface area contributed by atoms with Crippen LogP contribution in [0.2, 0.25) is 0 Å². The van der Waals surface area contributed by atoms with Crippen molar-refractivity contribution in [1.29, 1.82) is 0 Å². The predicted molar refractivity (Wildman–Crippen MR) is 52.9 cm³/mol. The summed E-state index contributed by atoms with van der Waals surface area (Å²) in [5.74, 6) is 0.514. The monoisotopic (exact) mass is 201 g/mol. The number of nitrogens with two attached hydrogens (primary N) is 1. The van der Waals surface area contributed by atoms with Gasteiger partial charge in [0.15, 0.2) is 11.4 Å². The summed E-state index contributed by atoms with van der Waals surface area (Å²) in [5, 5.41) is 7.68. The minimum atomic E-state index is 0.489. The molecule has 3 rings (SSSR count). The van der Waals surface area contributed by atoms with Crippen molar-refractivity contribution in [2.24, 2.45) is 0 Å². The first kappa shape index (κ1) is 7.98. The lowest BCUT2D eigenvalue weighted by Gasteiger charge is -1.97. The van der Waals surface area contributed by atoms with Crippen molar-refractivity contribution < 1.29 is 4.52 Å². The van der Waals surface area contributed by atoms with E-state index in [0.29, 0.717) is 11.4 Å². The second-order valence-electron chi connectivity index (χ2n) is 3.09. The number of anilines is 1. The number of nitrogen functional groups attached to an aromatic ring is 1. The van der Waals surface area contributed by atoms with Crippen molar-refractivity contribution in [3.05, 3.63) is 30.9 Å². The van der Waals surface area contributed by atoms with Gasteiger partial charge >= 0.3 is 0 Å². The number of rotatable bonds is 1. The summed E-state index contributed by atoms with van der Waals surface area (Å²) < 4.78 is 6.67. The van der Waals surface area contributed by atoms with Gasteiger partial charge in [0.1, 0.15) is 5.69 Å². The Morgan fingerprint density at radius 3 is 3.07 bits per heavy atom. The molecule has 0 saturated carbocycles. The molecule has 6 heteroatoms. The van der Waals surface area contributed by atoms with Crippen LogP contribution in [0.15, 0.2) is 35.4 Å². The third-order valence-corrected chi connectivity index (χ3v) is 2.11. The molecule has 2 N–H and O–H groups in total. The first-order chi connectivity index (χ1) is 7.34. The summed E-state index contributed by atoms with van der Waals surface area (Å²) in [7, 11) is 0. The number of fused-ring (bicyclic) bond motifs is 1. The Kier molecular flexibility index (Phi) is 1.49. The highest BCUT2D eigenvalue weighted by atomic mass is 16.5. The van der Waals surface area contributed by atoms with Crippen LogP contribution in [-0.2, 0) is 0 Å². The molecule has 0 amide bonds. The second-order valence-corrected chi connectivity index (χ2v) is 3.09. The van der Waals surface area contributed by atoms with Crippen molar-refractivity contribution in [3.8, 4) is 11.3 Å². The van der Waals surface area contributed by atoms with Crippen LogP contribution < -0.4 is 5.73 Å². The molecule has 0 bridgehead atoms. The highest BCUT2D eigenvalue weighted by Crippen LogP contribution is 2.24. The van der Waals surface area contributed by atoms with Gasteiger partial charge in [-0.05, 0) is 0 Å². The van der Waals surface area contributed by atoms with Crippen LogP contribution in [0.1, 0.15) is 0 Å². The Morgan fingerprint density at radius 1 is 1.33 bits per heavy atom. The zero-order valence-electron chi connectivity index (χ0n) is 7.66. The predicted octanol–water partition coefficient (Wildman–Crippen LogP) is 0.967. The second kappa shape index (κ2) is 2.81. The molecule has 15 heavy (non-hydrogen) atoms. The van der Waals surface area contributed by atoms with Gasteiger partial charge in [-0.1, -0.05) is 5.16 Å². The molecule has 3 heterocycles. The lowest BCUT2D eigenvalue weighted by atomic mass is 10.2. The van der Waals surface area contributed by atoms with Gasteiger partial charge in [-0.2, -0.15) is 5.10 Å². The Labute approximate surface area is 84.3 Å². The van der Waals surface area contributed by atoms with Crippen LogP contribution in [-0.4, -0.2) is 19.8 Å². The fraction of sp³-hybridized carbons (Fsp3) is 0. The molecule has 3 aromatic heterocycles. The Balaban J connectivity index is 2.23. The molecule has 0 aromatic carbocycles. The van der Waals surface area contributed by atoms with Crippen molar-refractivity contribution in [1.82, 2.24) is 19.8 Å². The molecule has 74 valence electrons. The van der Waals surface area contributed by atoms with E-state index >= 15 is 0 Å². The van der Waals surface area contributed by atoms with E-state index in [1.54, 1.807) is 23.1 Å². The molecule has 0 radical (unpaired) electrons. The summed E-state index contributed by atoms with van der Waals surface area (Å²) in [5.41, 5.74) is 7.69. The molecule has 0 fully saturated rings. The Morgan fingerprint density at radius 2 is 2.27 bits per heavy atom. The summed E-state index contributed by atoms with van der Waals surface area (Å²) in [6.45, 7) is 0. The molecular formula is C9H7N5O. The van der Waals surface area contributed by atoms with E-state index in [2.05, 4.69) is 15.2 Å². The molecule has 0 atom stereocenters. The maximum atomic E-state index is 5.68. The zero-order valence-corrected chi connectivity index (χ0v) is 7.66. The molecule has 0 aliphatic carbocycles. The number of nitrogens with zero attached hydrogens (tertiary/aromatic N) is 4. The van der Waals surface area contributed by atoms with Gasteiger partial charge in [0.25, 0.3) is 0 Å². The zero-order chi connectivity index (χ0) is 10.3. The van der Waals surface area contributed by atoms with E-state index in [-0.39, 0.29) is 0 Å². The quantitative estimate of drug-likeness (QED) is 0.634. The maximum absolute atomic E-state index is 5.68. The van der Waals surface area contributed by atoms with Gasteiger partial charge in [-0.25, -0.2) is 9.50 Å². The Hall–Kier alpha value is -2.37. The van der Waals surface area contributed by atoms with Gasteiger partial charge in [-0.3, -0.25) is 0 Å². The first-order valence-electron chi connectivity index (χ1n) is 4.34. The lowest BCUT2D eigenvalue weighted by molar-refractivity contribution is 0.432. The van der Waals surface area contributed by atoms with E-state index in [4.69, 9.17) is 10.3 Å². The summed E-state index contributed by atoms with van der Waals surface area (Å²) >= 11 is 0. The van der Waals surface area contributed by atoms with Crippen LogP contribution in [0.25, 0.3) is 17.0 Å². The van der Waals surface area contributed by atoms with Crippen LogP contribution in [0.5, 0.6) is 0 Å². The molecule has 0 unspecified atom stereocenters. The van der Waals surface area contributed by atoms with Crippen LogP contribution in [0, 0.1) is 0 Å².